The molecule has 15 heavy (non-hydrogen) atoms. The van der Waals surface area contributed by atoms with Crippen molar-refractivity contribution in [3.63, 3.8) is 0 Å². The van der Waals surface area contributed by atoms with Gasteiger partial charge in [-0.1, -0.05) is 6.92 Å². The van der Waals surface area contributed by atoms with Gasteiger partial charge < -0.3 is 10.1 Å². The molecule has 0 aliphatic carbocycles. The minimum absolute atomic E-state index is 0. The van der Waals surface area contributed by atoms with E-state index in [9.17, 15) is 4.79 Å². The van der Waals surface area contributed by atoms with E-state index in [1.165, 1.54) is 0 Å². The molecule has 2 N–H and O–H groups in total. The Kier molecular flexibility index (Phi) is 8.23. The quantitative estimate of drug-likeness (QED) is 0.749. The lowest BCUT2D eigenvalue weighted by molar-refractivity contribution is -0.122. The van der Waals surface area contributed by atoms with Gasteiger partial charge in [0.05, 0.1) is 12.6 Å². The molecule has 1 amide bonds. The molecule has 0 radical (unpaired) electrons. The van der Waals surface area contributed by atoms with E-state index in [1.807, 2.05) is 0 Å². The molecule has 1 heterocycles. The minimum Gasteiger partial charge on any atom is -0.384 e. The Morgan fingerprint density at radius 2 is 2.47 bits per heavy atom. The number of halogens is 1. The lowest BCUT2D eigenvalue weighted by atomic mass is 10.2. The van der Waals surface area contributed by atoms with Crippen molar-refractivity contribution in [1.82, 2.24) is 10.6 Å². The molecule has 1 aliphatic heterocycles. The highest BCUT2D eigenvalue weighted by molar-refractivity contribution is 7.99. The first kappa shape index (κ1) is 15.0. The highest BCUT2D eigenvalue weighted by atomic mass is 35.5. The molecule has 1 saturated heterocycles. The van der Waals surface area contributed by atoms with Crippen molar-refractivity contribution in [1.29, 1.82) is 0 Å². The number of thioether (sulfide) groups is 1. The minimum atomic E-state index is -0.00487. The maximum atomic E-state index is 11.5. The van der Waals surface area contributed by atoms with Crippen LogP contribution < -0.4 is 10.6 Å². The number of methoxy groups -OCH3 is 1. The van der Waals surface area contributed by atoms with E-state index >= 15 is 0 Å². The Hall–Kier alpha value is 0.0300. The number of ether oxygens (including phenoxy) is 1. The largest absolute Gasteiger partial charge is 0.384 e. The van der Waals surface area contributed by atoms with Crippen LogP contribution in [0.2, 0.25) is 0 Å². The summed E-state index contributed by atoms with van der Waals surface area (Å²) < 4.78 is 4.99. The van der Waals surface area contributed by atoms with Gasteiger partial charge in [0, 0.05) is 25.3 Å². The van der Waals surface area contributed by atoms with Crippen LogP contribution in [0.1, 0.15) is 6.92 Å². The zero-order valence-electron chi connectivity index (χ0n) is 9.12. The topological polar surface area (TPSA) is 50.4 Å². The average Bonchev–Trinajstić information content (AvgIpc) is 2.67. The standard InChI is InChI=1S/C9H18N2O2S.ClH/c1-7(4-13-2)3-10-9(12)8-5-14-6-11-8;/h7-8,11H,3-6H2,1-2H3,(H,10,12);1H. The van der Waals surface area contributed by atoms with Crippen LogP contribution in [-0.2, 0) is 9.53 Å². The lowest BCUT2D eigenvalue weighted by Gasteiger charge is -2.14. The summed E-state index contributed by atoms with van der Waals surface area (Å²) in [5.74, 6) is 2.24. The van der Waals surface area contributed by atoms with Crippen molar-refractivity contribution in [2.75, 3.05) is 31.9 Å². The molecule has 4 nitrogen and oxygen atoms in total. The van der Waals surface area contributed by atoms with Gasteiger partial charge in [-0.3, -0.25) is 10.1 Å². The summed E-state index contributed by atoms with van der Waals surface area (Å²) in [6.45, 7) is 3.43. The second-order valence-corrected chi connectivity index (χ2v) is 4.61. The van der Waals surface area contributed by atoms with Crippen LogP contribution in [0.4, 0.5) is 0 Å². The Balaban J connectivity index is 0.00000196. The third-order valence-electron chi connectivity index (χ3n) is 2.11. The zero-order valence-corrected chi connectivity index (χ0v) is 10.7. The fraction of sp³-hybridized carbons (Fsp3) is 0.889. The molecule has 1 fully saturated rings. The van der Waals surface area contributed by atoms with E-state index < -0.39 is 0 Å². The number of carbonyl (C=O) groups excluding carboxylic acids is 1. The Bertz CT molecular complexity index is 189. The van der Waals surface area contributed by atoms with Crippen LogP contribution in [0, 0.1) is 5.92 Å². The Morgan fingerprint density at radius 1 is 1.73 bits per heavy atom. The zero-order chi connectivity index (χ0) is 10.4. The van der Waals surface area contributed by atoms with Gasteiger partial charge >= 0.3 is 0 Å². The molecule has 90 valence electrons. The van der Waals surface area contributed by atoms with E-state index in [4.69, 9.17) is 4.74 Å². The Labute approximate surface area is 101 Å². The van der Waals surface area contributed by atoms with E-state index in [0.717, 1.165) is 11.6 Å². The summed E-state index contributed by atoms with van der Waals surface area (Å²) in [7, 11) is 1.67. The predicted molar refractivity (Wildman–Crippen MR) is 65.5 cm³/mol. The number of rotatable bonds is 5. The van der Waals surface area contributed by atoms with Gasteiger partial charge in [0.25, 0.3) is 0 Å². The summed E-state index contributed by atoms with van der Waals surface area (Å²) in [5, 5.41) is 6.05. The number of carbonyl (C=O) groups is 1. The van der Waals surface area contributed by atoms with E-state index in [-0.39, 0.29) is 24.4 Å². The second-order valence-electron chi connectivity index (χ2n) is 3.58. The smallest absolute Gasteiger partial charge is 0.238 e. The fourth-order valence-corrected chi connectivity index (χ4v) is 2.25. The molecule has 0 aromatic rings. The van der Waals surface area contributed by atoms with E-state index in [0.29, 0.717) is 19.1 Å². The number of nitrogens with one attached hydrogen (secondary N) is 2. The first-order valence-electron chi connectivity index (χ1n) is 4.81. The van der Waals surface area contributed by atoms with Crippen LogP contribution in [-0.4, -0.2) is 43.8 Å². The van der Waals surface area contributed by atoms with Crippen molar-refractivity contribution < 1.29 is 9.53 Å². The molecule has 1 rings (SSSR count). The molecular weight excluding hydrogens is 236 g/mol. The molecule has 0 aromatic heterocycles. The third-order valence-corrected chi connectivity index (χ3v) is 3.05. The second kappa shape index (κ2) is 8.21. The van der Waals surface area contributed by atoms with Crippen LogP contribution in [0.15, 0.2) is 0 Å². The average molecular weight is 255 g/mol. The van der Waals surface area contributed by atoms with E-state index in [1.54, 1.807) is 18.9 Å². The van der Waals surface area contributed by atoms with Crippen molar-refractivity contribution in [3.05, 3.63) is 0 Å². The molecule has 0 spiro atoms. The van der Waals surface area contributed by atoms with Gasteiger partial charge in [-0.15, -0.1) is 24.2 Å². The number of hydrogen-bond donors (Lipinski definition) is 2. The molecular formula is C9H19ClN2O2S. The van der Waals surface area contributed by atoms with Gasteiger partial charge in [-0.05, 0) is 5.92 Å². The monoisotopic (exact) mass is 254 g/mol. The van der Waals surface area contributed by atoms with E-state index in [2.05, 4.69) is 17.6 Å². The molecule has 0 saturated carbocycles. The van der Waals surface area contributed by atoms with Gasteiger partial charge in [0.1, 0.15) is 0 Å². The summed E-state index contributed by atoms with van der Waals surface area (Å²) in [6, 6.07) is -0.00487. The van der Waals surface area contributed by atoms with Gasteiger partial charge in [0.15, 0.2) is 0 Å². The molecule has 0 aromatic carbocycles. The normalized spacial score (nSPS) is 21.9. The SMILES string of the molecule is COCC(C)CNC(=O)C1CSCN1.Cl. The first-order valence-corrected chi connectivity index (χ1v) is 5.97. The maximum absolute atomic E-state index is 11.5. The molecule has 0 bridgehead atoms. The van der Waals surface area contributed by atoms with Crippen molar-refractivity contribution in [2.24, 2.45) is 5.92 Å². The molecule has 2 atom stereocenters. The van der Waals surface area contributed by atoms with Crippen molar-refractivity contribution in [3.8, 4) is 0 Å². The van der Waals surface area contributed by atoms with Gasteiger partial charge in [0.2, 0.25) is 5.91 Å². The summed E-state index contributed by atoms with van der Waals surface area (Å²) in [6.07, 6.45) is 0. The summed E-state index contributed by atoms with van der Waals surface area (Å²) >= 11 is 1.76. The van der Waals surface area contributed by atoms with Crippen LogP contribution >= 0.6 is 24.2 Å². The lowest BCUT2D eigenvalue weighted by Crippen LogP contribution is -2.43. The highest BCUT2D eigenvalue weighted by Crippen LogP contribution is 2.09. The maximum Gasteiger partial charge on any atom is 0.238 e. The summed E-state index contributed by atoms with van der Waals surface area (Å²) in [5.41, 5.74) is 0. The third kappa shape index (κ3) is 5.61. The van der Waals surface area contributed by atoms with Crippen LogP contribution in [0.3, 0.4) is 0 Å². The fourth-order valence-electron chi connectivity index (χ4n) is 1.31. The Morgan fingerprint density at radius 3 is 3.00 bits per heavy atom. The highest BCUT2D eigenvalue weighted by Gasteiger charge is 2.22. The molecule has 6 heteroatoms. The van der Waals surface area contributed by atoms with Gasteiger partial charge in [-0.25, -0.2) is 0 Å². The molecule has 1 aliphatic rings. The van der Waals surface area contributed by atoms with Crippen LogP contribution in [0.5, 0.6) is 0 Å². The first-order chi connectivity index (χ1) is 6.74. The van der Waals surface area contributed by atoms with Crippen molar-refractivity contribution in [2.45, 2.75) is 13.0 Å². The van der Waals surface area contributed by atoms with Gasteiger partial charge in [-0.2, -0.15) is 0 Å². The molecule has 2 unspecified atom stereocenters. The number of hydrogen-bond acceptors (Lipinski definition) is 4. The van der Waals surface area contributed by atoms with Crippen LogP contribution in [0.25, 0.3) is 0 Å². The summed E-state index contributed by atoms with van der Waals surface area (Å²) in [4.78, 5) is 11.5. The predicted octanol–water partition coefficient (Wildman–Crippen LogP) is 0.469. The number of amides is 1. The van der Waals surface area contributed by atoms with Crippen molar-refractivity contribution >= 4 is 30.1 Å².